The molecule has 2 N–H and O–H groups in total. The van der Waals surface area contributed by atoms with Crippen LogP contribution < -0.4 is 4.74 Å². The van der Waals surface area contributed by atoms with Crippen LogP contribution >= 0.6 is 0 Å². The van der Waals surface area contributed by atoms with E-state index in [-0.39, 0.29) is 6.61 Å². The fourth-order valence-electron chi connectivity index (χ4n) is 2.64. The number of rotatable bonds is 5. The molecular formula is C17H19NO3. The molecule has 4 nitrogen and oxygen atoms in total. The highest BCUT2D eigenvalue weighted by Gasteiger charge is 2.21. The average molecular weight is 285 g/mol. The van der Waals surface area contributed by atoms with Crippen LogP contribution in [0.25, 0.3) is 0 Å². The van der Waals surface area contributed by atoms with Gasteiger partial charge in [0.1, 0.15) is 24.2 Å². The van der Waals surface area contributed by atoms with Gasteiger partial charge in [-0.15, -0.1) is 0 Å². The summed E-state index contributed by atoms with van der Waals surface area (Å²) in [6.07, 6.45) is -0.534. The van der Waals surface area contributed by atoms with Crippen molar-refractivity contribution in [2.45, 2.75) is 19.2 Å². The Kier molecular flexibility index (Phi) is 4.08. The van der Waals surface area contributed by atoms with E-state index in [0.29, 0.717) is 12.3 Å². The van der Waals surface area contributed by atoms with Crippen LogP contribution in [0.1, 0.15) is 11.1 Å². The van der Waals surface area contributed by atoms with Gasteiger partial charge in [0.15, 0.2) is 0 Å². The van der Waals surface area contributed by atoms with E-state index in [1.165, 1.54) is 5.56 Å². The molecule has 110 valence electrons. The third kappa shape index (κ3) is 3.54. The number of hydrogen-bond acceptors (Lipinski definition) is 4. The van der Waals surface area contributed by atoms with Crippen LogP contribution in [0.15, 0.2) is 48.5 Å². The van der Waals surface area contributed by atoms with Gasteiger partial charge in [-0.25, -0.2) is 0 Å². The molecule has 0 saturated heterocycles. The SMILES string of the molecule is Oc1ccc2c(c1)CN(CC(O)COc1ccccc1)C2. The second kappa shape index (κ2) is 6.16. The number of phenolic OH excluding ortho intramolecular Hbond substituents is 1. The number of hydrogen-bond donors (Lipinski definition) is 2. The van der Waals surface area contributed by atoms with Crippen LogP contribution in [0.3, 0.4) is 0 Å². The molecule has 21 heavy (non-hydrogen) atoms. The second-order valence-corrected chi connectivity index (χ2v) is 5.40. The number of nitrogens with zero attached hydrogens (tertiary/aromatic N) is 1. The predicted molar refractivity (Wildman–Crippen MR) is 80.2 cm³/mol. The van der Waals surface area contributed by atoms with Gasteiger partial charge in [0, 0.05) is 19.6 Å². The maximum Gasteiger partial charge on any atom is 0.119 e. The minimum Gasteiger partial charge on any atom is -0.508 e. The first-order valence-corrected chi connectivity index (χ1v) is 7.10. The minimum atomic E-state index is -0.534. The third-order valence-corrected chi connectivity index (χ3v) is 3.63. The molecule has 1 aliphatic rings. The number of aromatic hydroxyl groups is 1. The molecule has 0 aliphatic carbocycles. The van der Waals surface area contributed by atoms with Crippen molar-refractivity contribution in [2.24, 2.45) is 0 Å². The van der Waals surface area contributed by atoms with Crippen molar-refractivity contribution >= 4 is 0 Å². The number of fused-ring (bicyclic) bond motifs is 1. The summed E-state index contributed by atoms with van der Waals surface area (Å²) in [5.41, 5.74) is 2.34. The van der Waals surface area contributed by atoms with Crippen molar-refractivity contribution in [2.75, 3.05) is 13.2 Å². The van der Waals surface area contributed by atoms with Crippen LogP contribution in [0.2, 0.25) is 0 Å². The zero-order valence-corrected chi connectivity index (χ0v) is 11.8. The molecule has 1 heterocycles. The van der Waals surface area contributed by atoms with Gasteiger partial charge in [-0.2, -0.15) is 0 Å². The number of phenols is 1. The van der Waals surface area contributed by atoms with Crippen LogP contribution in [-0.2, 0) is 13.1 Å². The highest BCUT2D eigenvalue weighted by molar-refractivity contribution is 5.37. The largest absolute Gasteiger partial charge is 0.508 e. The highest BCUT2D eigenvalue weighted by atomic mass is 16.5. The second-order valence-electron chi connectivity index (χ2n) is 5.40. The Morgan fingerprint density at radius 3 is 2.62 bits per heavy atom. The van der Waals surface area contributed by atoms with E-state index < -0.39 is 6.10 Å². The van der Waals surface area contributed by atoms with Gasteiger partial charge in [-0.05, 0) is 35.4 Å². The quantitative estimate of drug-likeness (QED) is 0.884. The van der Waals surface area contributed by atoms with E-state index in [1.807, 2.05) is 36.4 Å². The molecule has 0 spiro atoms. The van der Waals surface area contributed by atoms with E-state index in [4.69, 9.17) is 4.74 Å². The number of ether oxygens (including phenoxy) is 1. The molecule has 1 aliphatic heterocycles. The number of aliphatic hydroxyl groups is 1. The van der Waals surface area contributed by atoms with Crippen molar-refractivity contribution in [1.82, 2.24) is 4.90 Å². The summed E-state index contributed by atoms with van der Waals surface area (Å²) in [7, 11) is 0. The summed E-state index contributed by atoms with van der Waals surface area (Å²) in [5, 5.41) is 19.6. The number of para-hydroxylation sites is 1. The Labute approximate surface area is 124 Å². The molecule has 0 radical (unpaired) electrons. The monoisotopic (exact) mass is 285 g/mol. The molecule has 4 heteroatoms. The van der Waals surface area contributed by atoms with E-state index in [9.17, 15) is 10.2 Å². The lowest BCUT2D eigenvalue weighted by molar-refractivity contribution is 0.0673. The Hall–Kier alpha value is -2.04. The lowest BCUT2D eigenvalue weighted by Crippen LogP contribution is -2.32. The zero-order chi connectivity index (χ0) is 14.7. The molecule has 0 saturated carbocycles. The Morgan fingerprint density at radius 2 is 1.81 bits per heavy atom. The number of β-amino-alcohol motifs (C(OH)–C–C–N with tert-alkyl or cyclic N) is 1. The van der Waals surface area contributed by atoms with Crippen LogP contribution in [0.5, 0.6) is 11.5 Å². The molecule has 3 rings (SSSR count). The fraction of sp³-hybridized carbons (Fsp3) is 0.294. The normalized spacial score (nSPS) is 15.7. The van der Waals surface area contributed by atoms with E-state index >= 15 is 0 Å². The van der Waals surface area contributed by atoms with Gasteiger partial charge in [0.25, 0.3) is 0 Å². The fourth-order valence-corrected chi connectivity index (χ4v) is 2.64. The first-order valence-electron chi connectivity index (χ1n) is 7.10. The van der Waals surface area contributed by atoms with Crippen molar-refractivity contribution in [3.63, 3.8) is 0 Å². The van der Waals surface area contributed by atoms with Crippen LogP contribution in [-0.4, -0.2) is 34.4 Å². The first kappa shape index (κ1) is 13.9. The Morgan fingerprint density at radius 1 is 1.05 bits per heavy atom. The molecule has 0 amide bonds. The first-order chi connectivity index (χ1) is 10.2. The van der Waals surface area contributed by atoms with Gasteiger partial charge >= 0.3 is 0 Å². The maximum absolute atomic E-state index is 10.1. The molecule has 1 unspecified atom stereocenters. The van der Waals surface area contributed by atoms with Gasteiger partial charge < -0.3 is 14.9 Å². The molecule has 0 aromatic heterocycles. The topological polar surface area (TPSA) is 52.9 Å². The van der Waals surface area contributed by atoms with Crippen LogP contribution in [0.4, 0.5) is 0 Å². The van der Waals surface area contributed by atoms with Crippen molar-refractivity contribution in [3.05, 3.63) is 59.7 Å². The lowest BCUT2D eigenvalue weighted by atomic mass is 10.1. The maximum atomic E-state index is 10.1. The molecule has 2 aromatic rings. The zero-order valence-electron chi connectivity index (χ0n) is 11.8. The summed E-state index contributed by atoms with van der Waals surface area (Å²) in [5.74, 6) is 1.06. The summed E-state index contributed by atoms with van der Waals surface area (Å²) < 4.78 is 5.56. The van der Waals surface area contributed by atoms with Gasteiger partial charge in [0.2, 0.25) is 0 Å². The molecule has 1 atom stereocenters. The molecular weight excluding hydrogens is 266 g/mol. The van der Waals surface area contributed by atoms with Crippen molar-refractivity contribution in [1.29, 1.82) is 0 Å². The summed E-state index contributed by atoms with van der Waals surface area (Å²) in [6, 6.07) is 14.9. The lowest BCUT2D eigenvalue weighted by Gasteiger charge is -2.19. The van der Waals surface area contributed by atoms with Gasteiger partial charge in [0.05, 0.1) is 0 Å². The Bertz CT molecular complexity index is 600. The smallest absolute Gasteiger partial charge is 0.119 e. The summed E-state index contributed by atoms with van der Waals surface area (Å²) >= 11 is 0. The minimum absolute atomic E-state index is 0.280. The van der Waals surface area contributed by atoms with E-state index in [0.717, 1.165) is 24.4 Å². The van der Waals surface area contributed by atoms with Gasteiger partial charge in [-0.3, -0.25) is 4.90 Å². The van der Waals surface area contributed by atoms with E-state index in [2.05, 4.69) is 4.90 Å². The molecule has 0 bridgehead atoms. The highest BCUT2D eigenvalue weighted by Crippen LogP contribution is 2.26. The summed E-state index contributed by atoms with van der Waals surface area (Å²) in [6.45, 7) is 2.40. The number of benzene rings is 2. The standard InChI is InChI=1S/C17H19NO3/c19-15-7-6-13-9-18(10-14(13)8-15)11-16(20)12-21-17-4-2-1-3-5-17/h1-8,16,19-20H,9-12H2. The number of aliphatic hydroxyl groups excluding tert-OH is 1. The van der Waals surface area contributed by atoms with E-state index in [1.54, 1.807) is 12.1 Å². The average Bonchev–Trinajstić information content (AvgIpc) is 2.87. The third-order valence-electron chi connectivity index (χ3n) is 3.63. The van der Waals surface area contributed by atoms with Crippen LogP contribution in [0, 0.1) is 0 Å². The van der Waals surface area contributed by atoms with Gasteiger partial charge in [-0.1, -0.05) is 24.3 Å². The van der Waals surface area contributed by atoms with Crippen molar-refractivity contribution in [3.8, 4) is 11.5 Å². The Balaban J connectivity index is 1.49. The van der Waals surface area contributed by atoms with Crippen molar-refractivity contribution < 1.29 is 14.9 Å². The molecule has 0 fully saturated rings. The molecule has 2 aromatic carbocycles. The predicted octanol–water partition coefficient (Wildman–Crippen LogP) is 2.15. The summed E-state index contributed by atoms with van der Waals surface area (Å²) in [4.78, 5) is 2.16.